The van der Waals surface area contributed by atoms with Crippen molar-refractivity contribution in [3.63, 3.8) is 0 Å². The zero-order valence-corrected chi connectivity index (χ0v) is 9.57. The first-order valence-electron chi connectivity index (χ1n) is 5.22. The number of nitrogens with two attached hydrogens (primary N) is 1. The molecular formula is C12H19FN2. The molecule has 1 aromatic rings. The highest BCUT2D eigenvalue weighted by atomic mass is 19.1. The summed E-state index contributed by atoms with van der Waals surface area (Å²) in [4.78, 5) is 2.06. The van der Waals surface area contributed by atoms with E-state index in [0.717, 1.165) is 12.1 Å². The number of benzene rings is 1. The molecule has 0 bridgehead atoms. The molecule has 0 saturated heterocycles. The SMILES string of the molecule is CC(c1ccccc1F)N(C)C[C@@H](C)N. The van der Waals surface area contributed by atoms with E-state index in [1.807, 2.05) is 33.0 Å². The highest BCUT2D eigenvalue weighted by molar-refractivity contribution is 5.20. The van der Waals surface area contributed by atoms with Crippen LogP contribution in [0.15, 0.2) is 24.3 Å². The van der Waals surface area contributed by atoms with Crippen LogP contribution < -0.4 is 5.73 Å². The first-order chi connectivity index (χ1) is 7.02. The minimum atomic E-state index is -0.151. The highest BCUT2D eigenvalue weighted by Gasteiger charge is 2.15. The molecule has 0 heterocycles. The van der Waals surface area contributed by atoms with E-state index in [4.69, 9.17) is 5.73 Å². The molecule has 2 N–H and O–H groups in total. The van der Waals surface area contributed by atoms with Crippen molar-refractivity contribution in [1.29, 1.82) is 0 Å². The van der Waals surface area contributed by atoms with Gasteiger partial charge in [-0.1, -0.05) is 18.2 Å². The summed E-state index contributed by atoms with van der Waals surface area (Å²) in [7, 11) is 1.96. The fourth-order valence-corrected chi connectivity index (χ4v) is 1.66. The molecule has 1 rings (SSSR count). The number of nitrogens with zero attached hydrogens (tertiary/aromatic N) is 1. The minimum Gasteiger partial charge on any atom is -0.327 e. The van der Waals surface area contributed by atoms with Crippen molar-refractivity contribution >= 4 is 0 Å². The number of hydrogen-bond donors (Lipinski definition) is 1. The van der Waals surface area contributed by atoms with E-state index in [0.29, 0.717) is 0 Å². The molecule has 1 unspecified atom stereocenters. The van der Waals surface area contributed by atoms with E-state index in [1.54, 1.807) is 6.07 Å². The Morgan fingerprint density at radius 2 is 1.93 bits per heavy atom. The Bertz CT molecular complexity index is 312. The fourth-order valence-electron chi connectivity index (χ4n) is 1.66. The van der Waals surface area contributed by atoms with Gasteiger partial charge in [0.25, 0.3) is 0 Å². The van der Waals surface area contributed by atoms with Gasteiger partial charge in [-0.05, 0) is 27.0 Å². The lowest BCUT2D eigenvalue weighted by molar-refractivity contribution is 0.245. The average molecular weight is 210 g/mol. The summed E-state index contributed by atoms with van der Waals surface area (Å²) < 4.78 is 13.5. The Hall–Kier alpha value is -0.930. The lowest BCUT2D eigenvalue weighted by Crippen LogP contribution is -2.34. The first kappa shape index (κ1) is 12.1. The zero-order valence-electron chi connectivity index (χ0n) is 9.57. The maximum Gasteiger partial charge on any atom is 0.127 e. The van der Waals surface area contributed by atoms with Crippen molar-refractivity contribution in [1.82, 2.24) is 4.90 Å². The third-order valence-corrected chi connectivity index (χ3v) is 2.59. The molecule has 0 aromatic heterocycles. The number of hydrogen-bond acceptors (Lipinski definition) is 2. The van der Waals surface area contributed by atoms with Crippen LogP contribution in [0.3, 0.4) is 0 Å². The van der Waals surface area contributed by atoms with Crippen LogP contribution >= 0.6 is 0 Å². The molecule has 2 nitrogen and oxygen atoms in total. The summed E-state index contributed by atoms with van der Waals surface area (Å²) in [6, 6.07) is 7.02. The van der Waals surface area contributed by atoms with Crippen LogP contribution in [0, 0.1) is 5.82 Å². The quantitative estimate of drug-likeness (QED) is 0.825. The second kappa shape index (κ2) is 5.24. The van der Waals surface area contributed by atoms with E-state index < -0.39 is 0 Å². The molecule has 0 amide bonds. The van der Waals surface area contributed by atoms with Crippen molar-refractivity contribution < 1.29 is 4.39 Å². The van der Waals surface area contributed by atoms with E-state index >= 15 is 0 Å². The molecule has 0 saturated carbocycles. The zero-order chi connectivity index (χ0) is 11.4. The summed E-state index contributed by atoms with van der Waals surface area (Å²) in [5.74, 6) is -0.151. The standard InChI is InChI=1S/C12H19FN2/c1-9(14)8-15(3)10(2)11-6-4-5-7-12(11)13/h4-7,9-10H,8,14H2,1-3H3/t9-,10?/m1/s1. The van der Waals surface area contributed by atoms with Crippen LogP contribution in [0.4, 0.5) is 4.39 Å². The van der Waals surface area contributed by atoms with Gasteiger partial charge in [0, 0.05) is 24.2 Å². The van der Waals surface area contributed by atoms with Gasteiger partial charge >= 0.3 is 0 Å². The molecule has 1 aromatic carbocycles. The normalized spacial score (nSPS) is 15.3. The Morgan fingerprint density at radius 1 is 1.33 bits per heavy atom. The van der Waals surface area contributed by atoms with E-state index in [-0.39, 0.29) is 17.9 Å². The van der Waals surface area contributed by atoms with E-state index in [1.165, 1.54) is 6.07 Å². The molecule has 0 radical (unpaired) electrons. The molecule has 15 heavy (non-hydrogen) atoms. The van der Waals surface area contributed by atoms with Gasteiger partial charge in [0.15, 0.2) is 0 Å². The molecule has 0 aliphatic carbocycles. The topological polar surface area (TPSA) is 29.3 Å². The molecule has 0 fully saturated rings. The van der Waals surface area contributed by atoms with Crippen LogP contribution in [0.25, 0.3) is 0 Å². The van der Waals surface area contributed by atoms with Gasteiger partial charge in [-0.3, -0.25) is 4.90 Å². The molecule has 0 spiro atoms. The Morgan fingerprint density at radius 3 is 2.47 bits per heavy atom. The third kappa shape index (κ3) is 3.29. The van der Waals surface area contributed by atoms with Gasteiger partial charge in [-0.2, -0.15) is 0 Å². The summed E-state index contributed by atoms with van der Waals surface area (Å²) in [6.07, 6.45) is 0. The van der Waals surface area contributed by atoms with Crippen LogP contribution in [0.1, 0.15) is 25.5 Å². The van der Waals surface area contributed by atoms with E-state index in [2.05, 4.69) is 4.90 Å². The predicted molar refractivity (Wildman–Crippen MR) is 61.1 cm³/mol. The third-order valence-electron chi connectivity index (χ3n) is 2.59. The van der Waals surface area contributed by atoms with Gasteiger partial charge in [-0.15, -0.1) is 0 Å². The predicted octanol–water partition coefficient (Wildman–Crippen LogP) is 2.17. The van der Waals surface area contributed by atoms with Gasteiger partial charge in [0.2, 0.25) is 0 Å². The summed E-state index contributed by atoms with van der Waals surface area (Å²) in [6.45, 7) is 4.70. The van der Waals surface area contributed by atoms with Crippen molar-refractivity contribution in [2.75, 3.05) is 13.6 Å². The summed E-state index contributed by atoms with van der Waals surface area (Å²) >= 11 is 0. The lowest BCUT2D eigenvalue weighted by atomic mass is 10.1. The first-order valence-corrected chi connectivity index (χ1v) is 5.22. The van der Waals surface area contributed by atoms with Gasteiger partial charge in [0.05, 0.1) is 0 Å². The second-order valence-electron chi connectivity index (χ2n) is 4.11. The number of halogens is 1. The highest BCUT2D eigenvalue weighted by Crippen LogP contribution is 2.21. The van der Waals surface area contributed by atoms with Gasteiger partial charge in [-0.25, -0.2) is 4.39 Å². The Labute approximate surface area is 90.9 Å². The summed E-state index contributed by atoms with van der Waals surface area (Å²) in [5, 5.41) is 0. The van der Waals surface area contributed by atoms with Crippen molar-refractivity contribution in [3.8, 4) is 0 Å². The van der Waals surface area contributed by atoms with Gasteiger partial charge < -0.3 is 5.73 Å². The van der Waals surface area contributed by atoms with Crippen molar-refractivity contribution in [2.24, 2.45) is 5.73 Å². The smallest absolute Gasteiger partial charge is 0.127 e. The number of rotatable bonds is 4. The fraction of sp³-hybridized carbons (Fsp3) is 0.500. The van der Waals surface area contributed by atoms with Crippen LogP contribution in [-0.4, -0.2) is 24.5 Å². The largest absolute Gasteiger partial charge is 0.327 e. The minimum absolute atomic E-state index is 0.0530. The lowest BCUT2D eigenvalue weighted by Gasteiger charge is -2.26. The maximum absolute atomic E-state index is 13.5. The second-order valence-corrected chi connectivity index (χ2v) is 4.11. The maximum atomic E-state index is 13.5. The van der Waals surface area contributed by atoms with Crippen molar-refractivity contribution in [2.45, 2.75) is 25.9 Å². The van der Waals surface area contributed by atoms with E-state index in [9.17, 15) is 4.39 Å². The monoisotopic (exact) mass is 210 g/mol. The molecule has 3 heteroatoms. The Balaban J connectivity index is 2.76. The number of likely N-dealkylation sites (N-methyl/N-ethyl adjacent to an activating group) is 1. The van der Waals surface area contributed by atoms with Crippen molar-refractivity contribution in [3.05, 3.63) is 35.6 Å². The van der Waals surface area contributed by atoms with Gasteiger partial charge in [0.1, 0.15) is 5.82 Å². The van der Waals surface area contributed by atoms with Crippen LogP contribution in [-0.2, 0) is 0 Å². The molecule has 0 aliphatic rings. The Kier molecular flexibility index (Phi) is 4.24. The molecular weight excluding hydrogens is 191 g/mol. The van der Waals surface area contributed by atoms with Crippen LogP contribution in [0.2, 0.25) is 0 Å². The van der Waals surface area contributed by atoms with Crippen LogP contribution in [0.5, 0.6) is 0 Å². The molecule has 0 aliphatic heterocycles. The average Bonchev–Trinajstić information content (AvgIpc) is 2.16. The molecule has 2 atom stereocenters. The molecule has 84 valence electrons. The summed E-state index contributed by atoms with van der Waals surface area (Å²) in [5.41, 5.74) is 6.43.